The Bertz CT molecular complexity index is 1210. The Hall–Kier alpha value is -3.08. The molecule has 1 aromatic heterocycles. The summed E-state index contributed by atoms with van der Waals surface area (Å²) in [6, 6.07) is 24.5. The highest BCUT2D eigenvalue weighted by Gasteiger charge is 2.26. The molecule has 0 bridgehead atoms. The summed E-state index contributed by atoms with van der Waals surface area (Å²) >= 11 is 12.4. The SMILES string of the molecule is Cn1nc(OCc2ccccc2)c(C(=O)c2ccc(Cl)cc2Cl)c1Cc1ccccc1. The van der Waals surface area contributed by atoms with Gasteiger partial charge in [0.1, 0.15) is 12.2 Å². The maximum absolute atomic E-state index is 13.6. The number of carbonyl (C=O) groups excluding carboxylic acids is 1. The van der Waals surface area contributed by atoms with Crippen LogP contribution in [-0.4, -0.2) is 15.6 Å². The zero-order valence-corrected chi connectivity index (χ0v) is 18.4. The molecule has 31 heavy (non-hydrogen) atoms. The minimum Gasteiger partial charge on any atom is -0.471 e. The average molecular weight is 451 g/mol. The van der Waals surface area contributed by atoms with Gasteiger partial charge >= 0.3 is 0 Å². The first kappa shape index (κ1) is 21.2. The summed E-state index contributed by atoms with van der Waals surface area (Å²) in [5, 5.41) is 5.28. The summed E-state index contributed by atoms with van der Waals surface area (Å²) in [6.45, 7) is 0.303. The standard InChI is InChI=1S/C25H20Cl2N2O2/c1-29-22(14-17-8-4-2-5-9-17)23(24(30)20-13-12-19(26)15-21(20)27)25(28-29)31-16-18-10-6-3-7-11-18/h2-13,15H,14,16H2,1H3. The monoisotopic (exact) mass is 450 g/mol. The summed E-state index contributed by atoms with van der Waals surface area (Å²) in [7, 11) is 1.81. The van der Waals surface area contributed by atoms with Gasteiger partial charge in [-0.1, -0.05) is 83.9 Å². The van der Waals surface area contributed by atoms with E-state index in [9.17, 15) is 4.79 Å². The number of halogens is 2. The Morgan fingerprint density at radius 3 is 2.23 bits per heavy atom. The van der Waals surface area contributed by atoms with Gasteiger partial charge in [-0.25, -0.2) is 0 Å². The second-order valence-corrected chi connectivity index (χ2v) is 7.98. The molecule has 0 saturated heterocycles. The summed E-state index contributed by atoms with van der Waals surface area (Å²) in [4.78, 5) is 13.6. The molecule has 0 saturated carbocycles. The molecule has 0 aliphatic rings. The summed E-state index contributed by atoms with van der Waals surface area (Å²) in [6.07, 6.45) is 0.533. The molecule has 0 atom stereocenters. The first-order chi connectivity index (χ1) is 15.0. The van der Waals surface area contributed by atoms with Gasteiger partial charge in [-0.05, 0) is 29.3 Å². The van der Waals surface area contributed by atoms with E-state index in [1.54, 1.807) is 22.9 Å². The first-order valence-corrected chi connectivity index (χ1v) is 10.5. The third-order valence-corrected chi connectivity index (χ3v) is 5.52. The lowest BCUT2D eigenvalue weighted by atomic mass is 9.99. The molecule has 4 aromatic rings. The molecule has 1 heterocycles. The highest BCUT2D eigenvalue weighted by molar-refractivity contribution is 6.37. The third kappa shape index (κ3) is 4.82. The Kier molecular flexibility index (Phi) is 6.40. The minimum absolute atomic E-state index is 0.247. The molecule has 0 fully saturated rings. The first-order valence-electron chi connectivity index (χ1n) is 9.79. The second kappa shape index (κ2) is 9.38. The van der Waals surface area contributed by atoms with Crippen molar-refractivity contribution in [2.75, 3.05) is 0 Å². The fourth-order valence-electron chi connectivity index (χ4n) is 3.39. The molecular formula is C25H20Cl2N2O2. The number of benzene rings is 3. The normalized spacial score (nSPS) is 10.8. The molecule has 0 radical (unpaired) electrons. The molecule has 3 aromatic carbocycles. The van der Waals surface area contributed by atoms with Crippen LogP contribution in [0.4, 0.5) is 0 Å². The minimum atomic E-state index is -0.247. The molecular weight excluding hydrogens is 431 g/mol. The largest absolute Gasteiger partial charge is 0.471 e. The van der Waals surface area contributed by atoms with Crippen LogP contribution in [0.3, 0.4) is 0 Å². The Morgan fingerprint density at radius 2 is 1.58 bits per heavy atom. The maximum atomic E-state index is 13.6. The van der Waals surface area contributed by atoms with E-state index in [0.717, 1.165) is 16.8 Å². The number of rotatable bonds is 7. The predicted molar refractivity (Wildman–Crippen MR) is 123 cm³/mol. The van der Waals surface area contributed by atoms with Crippen LogP contribution in [-0.2, 0) is 20.1 Å². The van der Waals surface area contributed by atoms with Crippen molar-refractivity contribution >= 4 is 29.0 Å². The van der Waals surface area contributed by atoms with Crippen molar-refractivity contribution in [2.45, 2.75) is 13.0 Å². The molecule has 0 amide bonds. The Labute approximate surface area is 191 Å². The van der Waals surface area contributed by atoms with Crippen LogP contribution in [0.5, 0.6) is 5.88 Å². The zero-order valence-electron chi connectivity index (χ0n) is 16.9. The average Bonchev–Trinajstić information content (AvgIpc) is 3.08. The van der Waals surface area contributed by atoms with E-state index in [4.69, 9.17) is 27.9 Å². The van der Waals surface area contributed by atoms with Gasteiger partial charge in [0.2, 0.25) is 11.7 Å². The summed E-state index contributed by atoms with van der Waals surface area (Å²) in [5.74, 6) is 0.0389. The van der Waals surface area contributed by atoms with Crippen molar-refractivity contribution in [3.05, 3.63) is 117 Å². The van der Waals surface area contributed by atoms with E-state index < -0.39 is 0 Å². The highest BCUT2D eigenvalue weighted by Crippen LogP contribution is 2.30. The molecule has 6 heteroatoms. The van der Waals surface area contributed by atoms with Crippen LogP contribution in [0.15, 0.2) is 78.9 Å². The molecule has 0 spiro atoms. The van der Waals surface area contributed by atoms with Gasteiger partial charge in [-0.3, -0.25) is 9.48 Å². The van der Waals surface area contributed by atoms with Crippen molar-refractivity contribution in [3.8, 4) is 5.88 Å². The number of hydrogen-bond donors (Lipinski definition) is 0. The van der Waals surface area contributed by atoms with E-state index in [1.165, 1.54) is 0 Å². The van der Waals surface area contributed by atoms with E-state index >= 15 is 0 Å². The topological polar surface area (TPSA) is 44.1 Å². The Balaban J connectivity index is 1.75. The van der Waals surface area contributed by atoms with Crippen molar-refractivity contribution < 1.29 is 9.53 Å². The van der Waals surface area contributed by atoms with Gasteiger partial charge in [0, 0.05) is 24.1 Å². The Morgan fingerprint density at radius 1 is 0.935 bits per heavy atom. The number of nitrogens with zero attached hydrogens (tertiary/aromatic N) is 2. The molecule has 4 rings (SSSR count). The highest BCUT2D eigenvalue weighted by atomic mass is 35.5. The number of hydrogen-bond acceptors (Lipinski definition) is 3. The van der Waals surface area contributed by atoms with Gasteiger partial charge in [-0.15, -0.1) is 5.10 Å². The number of aryl methyl sites for hydroxylation is 1. The lowest BCUT2D eigenvalue weighted by molar-refractivity contribution is 0.103. The fourth-order valence-corrected chi connectivity index (χ4v) is 3.88. The van der Waals surface area contributed by atoms with E-state index in [-0.39, 0.29) is 11.7 Å². The van der Waals surface area contributed by atoms with E-state index in [0.29, 0.717) is 34.2 Å². The van der Waals surface area contributed by atoms with Gasteiger partial charge in [0.05, 0.1) is 10.7 Å². The lowest BCUT2D eigenvalue weighted by Crippen LogP contribution is -2.09. The van der Waals surface area contributed by atoms with Crippen molar-refractivity contribution in [1.29, 1.82) is 0 Å². The maximum Gasteiger partial charge on any atom is 0.244 e. The number of carbonyl (C=O) groups is 1. The van der Waals surface area contributed by atoms with Crippen molar-refractivity contribution in [3.63, 3.8) is 0 Å². The summed E-state index contributed by atoms with van der Waals surface area (Å²) in [5.41, 5.74) is 3.58. The van der Waals surface area contributed by atoms with Crippen LogP contribution in [0.25, 0.3) is 0 Å². The van der Waals surface area contributed by atoms with E-state index in [2.05, 4.69) is 5.10 Å². The second-order valence-electron chi connectivity index (χ2n) is 7.14. The smallest absolute Gasteiger partial charge is 0.244 e. The van der Waals surface area contributed by atoms with Crippen LogP contribution in [0.1, 0.15) is 32.7 Å². The van der Waals surface area contributed by atoms with Crippen molar-refractivity contribution in [2.24, 2.45) is 7.05 Å². The van der Waals surface area contributed by atoms with Crippen molar-refractivity contribution in [1.82, 2.24) is 9.78 Å². The van der Waals surface area contributed by atoms with Gasteiger partial charge in [0.15, 0.2) is 0 Å². The van der Waals surface area contributed by atoms with E-state index in [1.807, 2.05) is 67.7 Å². The molecule has 0 unspecified atom stereocenters. The summed E-state index contributed by atoms with van der Waals surface area (Å²) < 4.78 is 7.71. The van der Waals surface area contributed by atoms with Crippen LogP contribution in [0.2, 0.25) is 10.0 Å². The van der Waals surface area contributed by atoms with Crippen LogP contribution in [0, 0.1) is 0 Å². The molecule has 156 valence electrons. The lowest BCUT2D eigenvalue weighted by Gasteiger charge is -2.09. The number of ether oxygens (including phenoxy) is 1. The molecule has 0 N–H and O–H groups in total. The van der Waals surface area contributed by atoms with Gasteiger partial charge in [0.25, 0.3) is 0 Å². The van der Waals surface area contributed by atoms with Gasteiger partial charge in [-0.2, -0.15) is 0 Å². The quantitative estimate of drug-likeness (QED) is 0.318. The predicted octanol–water partition coefficient (Wildman–Crippen LogP) is 6.13. The van der Waals surface area contributed by atoms with Gasteiger partial charge < -0.3 is 4.74 Å². The molecule has 0 aliphatic carbocycles. The zero-order chi connectivity index (χ0) is 21.8. The van der Waals surface area contributed by atoms with Crippen LogP contribution >= 0.6 is 23.2 Å². The number of ketones is 1. The third-order valence-electron chi connectivity index (χ3n) is 4.97. The fraction of sp³-hybridized carbons (Fsp3) is 0.120. The van der Waals surface area contributed by atoms with Crippen LogP contribution < -0.4 is 4.74 Å². The number of aromatic nitrogens is 2. The molecule has 4 nitrogen and oxygen atoms in total. The molecule has 0 aliphatic heterocycles.